The minimum Gasteiger partial charge on any atom is -0.460 e. The Morgan fingerprint density at radius 3 is 2.81 bits per heavy atom. The Balaban J connectivity index is 1.43. The summed E-state index contributed by atoms with van der Waals surface area (Å²) in [4.78, 5) is 11.6. The number of benzene rings is 1. The zero-order valence-electron chi connectivity index (χ0n) is 14.9. The van der Waals surface area contributed by atoms with Gasteiger partial charge in [-0.2, -0.15) is 0 Å². The van der Waals surface area contributed by atoms with Crippen LogP contribution in [0, 0.1) is 0 Å². The van der Waals surface area contributed by atoms with Crippen molar-refractivity contribution in [3.63, 3.8) is 0 Å². The van der Waals surface area contributed by atoms with Gasteiger partial charge >= 0.3 is 0 Å². The molecule has 0 spiro atoms. The van der Waals surface area contributed by atoms with Crippen LogP contribution in [0.15, 0.2) is 47.0 Å². The minimum absolute atomic E-state index is 0.733. The van der Waals surface area contributed by atoms with Crippen LogP contribution in [0.3, 0.4) is 0 Å². The summed E-state index contributed by atoms with van der Waals surface area (Å²) >= 11 is 5.95. The third-order valence-electron chi connectivity index (χ3n) is 4.71. The van der Waals surface area contributed by atoms with E-state index in [4.69, 9.17) is 21.0 Å². The first-order valence-corrected chi connectivity index (χ1v) is 9.49. The zero-order valence-corrected chi connectivity index (χ0v) is 15.7. The van der Waals surface area contributed by atoms with Gasteiger partial charge in [0.05, 0.1) is 6.54 Å². The van der Waals surface area contributed by atoms with Crippen LogP contribution in [0.25, 0.3) is 11.3 Å². The number of hydrogen-bond donors (Lipinski definition) is 0. The minimum atomic E-state index is 0.733. The van der Waals surface area contributed by atoms with E-state index in [1.165, 1.54) is 11.3 Å². The fraction of sp³-hybridized carbons (Fsp3) is 0.333. The molecule has 0 radical (unpaired) electrons. The van der Waals surface area contributed by atoms with Crippen LogP contribution in [-0.4, -0.2) is 21.4 Å². The van der Waals surface area contributed by atoms with Crippen LogP contribution < -0.4 is 0 Å². The molecule has 0 amide bonds. The Labute approximate surface area is 158 Å². The Morgan fingerprint density at radius 1 is 1.15 bits per heavy atom. The fourth-order valence-corrected chi connectivity index (χ4v) is 3.47. The molecule has 4 rings (SSSR count). The van der Waals surface area contributed by atoms with Gasteiger partial charge in [0.2, 0.25) is 0 Å². The molecule has 0 atom stereocenters. The van der Waals surface area contributed by atoms with Crippen LogP contribution in [0.2, 0.25) is 5.02 Å². The number of aromatic nitrogens is 2. The molecular weight excluding hydrogens is 346 g/mol. The Morgan fingerprint density at radius 2 is 2.00 bits per heavy atom. The Bertz CT molecular complexity index is 889. The highest BCUT2D eigenvalue weighted by atomic mass is 35.5. The van der Waals surface area contributed by atoms with Gasteiger partial charge in [0, 0.05) is 54.0 Å². The van der Waals surface area contributed by atoms with Crippen molar-refractivity contribution in [1.82, 2.24) is 14.9 Å². The van der Waals surface area contributed by atoms with Crippen LogP contribution >= 0.6 is 11.6 Å². The number of rotatable bonds is 5. The van der Waals surface area contributed by atoms with Crippen molar-refractivity contribution in [3.05, 3.63) is 70.5 Å². The van der Waals surface area contributed by atoms with Gasteiger partial charge in [0.15, 0.2) is 0 Å². The molecule has 0 bridgehead atoms. The van der Waals surface area contributed by atoms with Crippen molar-refractivity contribution in [1.29, 1.82) is 0 Å². The number of aryl methyl sites for hydroxylation is 1. The van der Waals surface area contributed by atoms with Crippen LogP contribution in [-0.2, 0) is 25.9 Å². The highest BCUT2D eigenvalue weighted by Gasteiger charge is 2.19. The maximum Gasteiger partial charge on any atom is 0.134 e. The predicted octanol–water partition coefficient (Wildman–Crippen LogP) is 4.90. The van der Waals surface area contributed by atoms with Crippen molar-refractivity contribution in [2.45, 2.75) is 39.3 Å². The molecule has 2 aromatic heterocycles. The average Bonchev–Trinajstić information content (AvgIpc) is 3.11. The van der Waals surface area contributed by atoms with Gasteiger partial charge in [0.25, 0.3) is 0 Å². The molecule has 1 aliphatic heterocycles. The summed E-state index contributed by atoms with van der Waals surface area (Å²) in [5.41, 5.74) is 3.49. The van der Waals surface area contributed by atoms with E-state index in [0.29, 0.717) is 0 Å². The molecule has 3 aromatic rings. The lowest BCUT2D eigenvalue weighted by molar-refractivity contribution is 0.224. The normalized spacial score (nSPS) is 14.4. The third kappa shape index (κ3) is 3.81. The molecule has 0 saturated heterocycles. The van der Waals surface area contributed by atoms with E-state index in [0.717, 1.165) is 66.8 Å². The van der Waals surface area contributed by atoms with E-state index in [1.807, 2.05) is 36.5 Å². The van der Waals surface area contributed by atoms with Gasteiger partial charge in [-0.15, -0.1) is 0 Å². The molecule has 1 aromatic carbocycles. The highest BCUT2D eigenvalue weighted by molar-refractivity contribution is 6.30. The molecule has 134 valence electrons. The van der Waals surface area contributed by atoms with Gasteiger partial charge in [0.1, 0.15) is 17.3 Å². The fourth-order valence-electron chi connectivity index (χ4n) is 3.35. The molecular formula is C21H22ClN3O. The van der Waals surface area contributed by atoms with E-state index >= 15 is 0 Å². The Kier molecular flexibility index (Phi) is 5.05. The standard InChI is InChI=1S/C21H22ClN3O/c1-2-3-21-23-12-16-13-25(11-10-19(16)24-21)14-18-8-9-20(26-18)15-4-6-17(22)7-5-15/h4-9,12H,2-3,10-11,13-14H2,1H3. The summed E-state index contributed by atoms with van der Waals surface area (Å²) in [7, 11) is 0. The molecule has 4 nitrogen and oxygen atoms in total. The molecule has 1 aliphatic rings. The van der Waals surface area contributed by atoms with Crippen LogP contribution in [0.1, 0.15) is 36.2 Å². The van der Waals surface area contributed by atoms with Gasteiger partial charge in [-0.3, -0.25) is 4.90 Å². The smallest absolute Gasteiger partial charge is 0.134 e. The topological polar surface area (TPSA) is 42.2 Å². The summed E-state index contributed by atoms with van der Waals surface area (Å²) in [6, 6.07) is 11.8. The van der Waals surface area contributed by atoms with Gasteiger partial charge in [-0.1, -0.05) is 18.5 Å². The monoisotopic (exact) mass is 367 g/mol. The predicted molar refractivity (Wildman–Crippen MR) is 103 cm³/mol. The van der Waals surface area contributed by atoms with Crippen LogP contribution in [0.4, 0.5) is 0 Å². The van der Waals surface area contributed by atoms with E-state index in [-0.39, 0.29) is 0 Å². The maximum atomic E-state index is 6.04. The quantitative estimate of drug-likeness (QED) is 0.643. The number of furan rings is 1. The molecule has 0 aliphatic carbocycles. The van der Waals surface area contributed by atoms with Crippen molar-refractivity contribution in [2.24, 2.45) is 0 Å². The van der Waals surface area contributed by atoms with E-state index in [1.54, 1.807) is 0 Å². The first-order chi connectivity index (χ1) is 12.7. The second kappa shape index (κ2) is 7.60. The summed E-state index contributed by atoms with van der Waals surface area (Å²) in [6.07, 6.45) is 5.01. The molecule has 0 unspecified atom stereocenters. The first kappa shape index (κ1) is 17.3. The van der Waals surface area contributed by atoms with Crippen molar-refractivity contribution in [3.8, 4) is 11.3 Å². The third-order valence-corrected chi connectivity index (χ3v) is 4.96. The summed E-state index contributed by atoms with van der Waals surface area (Å²) in [5.74, 6) is 2.82. The Hall–Kier alpha value is -2.17. The van der Waals surface area contributed by atoms with Crippen molar-refractivity contribution in [2.75, 3.05) is 6.54 Å². The van der Waals surface area contributed by atoms with Crippen LogP contribution in [0.5, 0.6) is 0 Å². The lowest BCUT2D eigenvalue weighted by Gasteiger charge is -2.27. The highest BCUT2D eigenvalue weighted by Crippen LogP contribution is 2.25. The average molecular weight is 368 g/mol. The van der Waals surface area contributed by atoms with E-state index in [9.17, 15) is 0 Å². The molecule has 0 N–H and O–H groups in total. The number of halogens is 1. The lowest BCUT2D eigenvalue weighted by atomic mass is 10.1. The molecule has 0 fully saturated rings. The second-order valence-corrected chi connectivity index (χ2v) is 7.18. The second-order valence-electron chi connectivity index (χ2n) is 6.74. The molecule has 5 heteroatoms. The molecule has 26 heavy (non-hydrogen) atoms. The maximum absolute atomic E-state index is 6.04. The van der Waals surface area contributed by atoms with Gasteiger partial charge in [-0.05, 0) is 42.8 Å². The number of fused-ring (bicyclic) bond motifs is 1. The van der Waals surface area contributed by atoms with E-state index in [2.05, 4.69) is 22.9 Å². The largest absolute Gasteiger partial charge is 0.460 e. The SMILES string of the molecule is CCCc1ncc2c(n1)CCN(Cc1ccc(-c3ccc(Cl)cc3)o1)C2. The van der Waals surface area contributed by atoms with Crippen molar-refractivity contribution >= 4 is 11.6 Å². The molecule has 3 heterocycles. The lowest BCUT2D eigenvalue weighted by Crippen LogP contribution is -2.31. The van der Waals surface area contributed by atoms with Crippen molar-refractivity contribution < 1.29 is 4.42 Å². The summed E-state index contributed by atoms with van der Waals surface area (Å²) < 4.78 is 6.04. The van der Waals surface area contributed by atoms with Gasteiger partial charge in [-0.25, -0.2) is 9.97 Å². The summed E-state index contributed by atoms with van der Waals surface area (Å²) in [6.45, 7) is 4.82. The van der Waals surface area contributed by atoms with E-state index < -0.39 is 0 Å². The number of hydrogen-bond acceptors (Lipinski definition) is 4. The number of nitrogens with zero attached hydrogens (tertiary/aromatic N) is 3. The summed E-state index contributed by atoms with van der Waals surface area (Å²) in [5, 5.41) is 0.733. The van der Waals surface area contributed by atoms with Gasteiger partial charge < -0.3 is 4.42 Å². The molecule has 0 saturated carbocycles. The zero-order chi connectivity index (χ0) is 17.9. The first-order valence-electron chi connectivity index (χ1n) is 9.12.